The van der Waals surface area contributed by atoms with E-state index in [9.17, 15) is 4.79 Å². The molecule has 5 heteroatoms. The van der Waals surface area contributed by atoms with Crippen LogP contribution in [0.2, 0.25) is 0 Å². The first kappa shape index (κ1) is 19.8. The first-order chi connectivity index (χ1) is 14.0. The molecule has 1 aliphatic rings. The van der Waals surface area contributed by atoms with Crippen LogP contribution in [0.1, 0.15) is 42.1 Å². The van der Waals surface area contributed by atoms with E-state index in [-0.39, 0.29) is 5.56 Å². The quantitative estimate of drug-likeness (QED) is 0.668. The largest absolute Gasteiger partial charge is 0.322 e. The molecular formula is C24H32N4O+2. The number of quaternary nitrogens is 2. The Morgan fingerprint density at radius 3 is 2.28 bits per heavy atom. The molecule has 152 valence electrons. The van der Waals surface area contributed by atoms with Crippen LogP contribution in [0, 0.1) is 6.92 Å². The van der Waals surface area contributed by atoms with Gasteiger partial charge in [0.2, 0.25) is 0 Å². The summed E-state index contributed by atoms with van der Waals surface area (Å²) in [7, 11) is 0. The zero-order valence-corrected chi connectivity index (χ0v) is 17.7. The molecule has 0 saturated carbocycles. The van der Waals surface area contributed by atoms with E-state index < -0.39 is 0 Å². The molecule has 1 aromatic carbocycles. The molecule has 2 aromatic heterocycles. The van der Waals surface area contributed by atoms with Gasteiger partial charge in [0, 0.05) is 17.8 Å². The molecule has 0 amide bonds. The summed E-state index contributed by atoms with van der Waals surface area (Å²) in [4.78, 5) is 20.3. The number of pyridine rings is 1. The Balaban J connectivity index is 1.34. The fourth-order valence-corrected chi connectivity index (χ4v) is 4.22. The first-order valence-corrected chi connectivity index (χ1v) is 10.7. The molecule has 3 heterocycles. The fraction of sp³-hybridized carbons (Fsp3) is 0.417. The molecule has 2 N–H and O–H groups in total. The van der Waals surface area contributed by atoms with Crippen molar-refractivity contribution in [3.63, 3.8) is 0 Å². The molecule has 0 atom stereocenters. The number of aryl methyl sites for hydroxylation is 1. The molecule has 0 bridgehead atoms. The van der Waals surface area contributed by atoms with Gasteiger partial charge in [-0.15, -0.1) is 0 Å². The second-order valence-electron chi connectivity index (χ2n) is 8.77. The van der Waals surface area contributed by atoms with Crippen LogP contribution < -0.4 is 15.4 Å². The number of nitrogens with one attached hydrogen (secondary N) is 2. The van der Waals surface area contributed by atoms with Crippen molar-refractivity contribution in [2.24, 2.45) is 0 Å². The van der Waals surface area contributed by atoms with Crippen molar-refractivity contribution in [2.45, 2.75) is 39.8 Å². The Hall–Kier alpha value is -2.50. The van der Waals surface area contributed by atoms with Gasteiger partial charge < -0.3 is 9.80 Å². The predicted octanol–water partition coefficient (Wildman–Crippen LogP) is 0.610. The molecule has 0 aliphatic carbocycles. The van der Waals surface area contributed by atoms with Crippen molar-refractivity contribution in [1.82, 2.24) is 9.38 Å². The van der Waals surface area contributed by atoms with Crippen molar-refractivity contribution in [2.75, 3.05) is 26.2 Å². The van der Waals surface area contributed by atoms with Crippen molar-refractivity contribution in [3.05, 3.63) is 81.4 Å². The summed E-state index contributed by atoms with van der Waals surface area (Å²) in [5.41, 5.74) is 5.56. The summed E-state index contributed by atoms with van der Waals surface area (Å²) in [6.07, 6.45) is 1.86. The smallest absolute Gasteiger partial charge is 0.258 e. The topological polar surface area (TPSA) is 43.2 Å². The molecule has 0 spiro atoms. The first-order valence-electron chi connectivity index (χ1n) is 10.7. The summed E-state index contributed by atoms with van der Waals surface area (Å²) in [6.45, 7) is 13.0. The lowest BCUT2D eigenvalue weighted by molar-refractivity contribution is -1.02. The minimum Gasteiger partial charge on any atom is -0.322 e. The Kier molecular flexibility index (Phi) is 5.79. The van der Waals surface area contributed by atoms with Gasteiger partial charge >= 0.3 is 0 Å². The maximum absolute atomic E-state index is 12.4. The van der Waals surface area contributed by atoms with E-state index in [0.717, 1.165) is 56.2 Å². The van der Waals surface area contributed by atoms with Crippen LogP contribution in [-0.2, 0) is 13.1 Å². The van der Waals surface area contributed by atoms with Gasteiger partial charge in [-0.2, -0.15) is 0 Å². The maximum atomic E-state index is 12.4. The summed E-state index contributed by atoms with van der Waals surface area (Å²) < 4.78 is 1.64. The Morgan fingerprint density at radius 2 is 1.62 bits per heavy atom. The fourth-order valence-electron chi connectivity index (χ4n) is 4.22. The van der Waals surface area contributed by atoms with E-state index in [1.807, 2.05) is 25.3 Å². The number of fused-ring (bicyclic) bond motifs is 1. The molecule has 0 radical (unpaired) electrons. The molecule has 29 heavy (non-hydrogen) atoms. The third-order valence-electron chi connectivity index (χ3n) is 6.06. The van der Waals surface area contributed by atoms with Crippen LogP contribution in [0.3, 0.4) is 0 Å². The second kappa shape index (κ2) is 8.47. The van der Waals surface area contributed by atoms with E-state index in [2.05, 4.69) is 38.1 Å². The number of rotatable bonds is 5. The number of hydrogen-bond donors (Lipinski definition) is 2. The predicted molar refractivity (Wildman–Crippen MR) is 116 cm³/mol. The standard InChI is InChI=1S/C24H30N4O/c1-18(2)21-7-5-20(6-8-21)16-26-10-12-27(13-11-26)17-22-14-24(29)28-15-19(3)4-9-23(28)25-22/h4-9,14-15,18H,10-13,16-17H2,1-3H3/p+2. The Labute approximate surface area is 172 Å². The lowest BCUT2D eigenvalue weighted by atomic mass is 10.0. The highest BCUT2D eigenvalue weighted by Crippen LogP contribution is 2.14. The number of piperazine rings is 1. The normalized spacial score (nSPS) is 19.7. The summed E-state index contributed by atoms with van der Waals surface area (Å²) >= 11 is 0. The van der Waals surface area contributed by atoms with Gasteiger partial charge in [-0.1, -0.05) is 44.2 Å². The zero-order chi connectivity index (χ0) is 20.4. The highest BCUT2D eigenvalue weighted by molar-refractivity contribution is 5.39. The van der Waals surface area contributed by atoms with Crippen molar-refractivity contribution in [1.29, 1.82) is 0 Å². The van der Waals surface area contributed by atoms with E-state index in [4.69, 9.17) is 4.98 Å². The number of benzene rings is 1. The summed E-state index contributed by atoms with van der Waals surface area (Å²) in [5.74, 6) is 0.587. The molecule has 5 nitrogen and oxygen atoms in total. The van der Waals surface area contributed by atoms with Gasteiger partial charge in [0.1, 0.15) is 50.6 Å². The van der Waals surface area contributed by atoms with Crippen molar-refractivity contribution in [3.8, 4) is 0 Å². The van der Waals surface area contributed by atoms with Gasteiger partial charge in [-0.3, -0.25) is 9.20 Å². The van der Waals surface area contributed by atoms with Crippen molar-refractivity contribution < 1.29 is 9.80 Å². The summed E-state index contributed by atoms with van der Waals surface area (Å²) in [6, 6.07) is 14.8. The van der Waals surface area contributed by atoms with Crippen LogP contribution in [-0.4, -0.2) is 35.6 Å². The SMILES string of the molecule is Cc1ccc2nc(C[NH+]3CC[NH+](Cc4ccc(C(C)C)cc4)CC3)cc(=O)n2c1. The molecular weight excluding hydrogens is 360 g/mol. The van der Waals surface area contributed by atoms with Crippen LogP contribution in [0.25, 0.3) is 5.65 Å². The highest BCUT2D eigenvalue weighted by Gasteiger charge is 2.23. The third kappa shape index (κ3) is 4.74. The van der Waals surface area contributed by atoms with Gasteiger partial charge in [-0.05, 0) is 30.0 Å². The van der Waals surface area contributed by atoms with Gasteiger partial charge in [0.25, 0.3) is 5.56 Å². The second-order valence-corrected chi connectivity index (χ2v) is 8.77. The van der Waals surface area contributed by atoms with E-state index >= 15 is 0 Å². The van der Waals surface area contributed by atoms with E-state index in [0.29, 0.717) is 5.92 Å². The molecule has 0 unspecified atom stereocenters. The third-order valence-corrected chi connectivity index (χ3v) is 6.06. The minimum atomic E-state index is 0.0159. The Bertz CT molecular complexity index is 1030. The molecule has 4 rings (SSSR count). The highest BCUT2D eigenvalue weighted by atomic mass is 16.1. The number of aromatic nitrogens is 2. The molecule has 1 saturated heterocycles. The van der Waals surface area contributed by atoms with Crippen molar-refractivity contribution >= 4 is 5.65 Å². The maximum Gasteiger partial charge on any atom is 0.258 e. The minimum absolute atomic E-state index is 0.0159. The number of hydrogen-bond acceptors (Lipinski definition) is 2. The van der Waals surface area contributed by atoms with E-state index in [1.165, 1.54) is 16.0 Å². The number of nitrogens with zero attached hydrogens (tertiary/aromatic N) is 2. The molecule has 3 aromatic rings. The van der Waals surface area contributed by atoms with Crippen LogP contribution in [0.5, 0.6) is 0 Å². The average molecular weight is 393 g/mol. The monoisotopic (exact) mass is 392 g/mol. The lowest BCUT2D eigenvalue weighted by Gasteiger charge is -2.29. The van der Waals surface area contributed by atoms with Crippen LogP contribution in [0.4, 0.5) is 0 Å². The van der Waals surface area contributed by atoms with E-state index in [1.54, 1.807) is 15.4 Å². The molecule has 1 fully saturated rings. The van der Waals surface area contributed by atoms with Crippen LogP contribution >= 0.6 is 0 Å². The van der Waals surface area contributed by atoms with Gasteiger partial charge in [-0.25, -0.2) is 4.98 Å². The Morgan fingerprint density at radius 1 is 0.966 bits per heavy atom. The van der Waals surface area contributed by atoms with Gasteiger partial charge in [0.05, 0.1) is 0 Å². The summed E-state index contributed by atoms with van der Waals surface area (Å²) in [5, 5.41) is 0. The zero-order valence-electron chi connectivity index (χ0n) is 17.7. The molecule has 1 aliphatic heterocycles. The van der Waals surface area contributed by atoms with Gasteiger partial charge in [0.15, 0.2) is 0 Å². The lowest BCUT2D eigenvalue weighted by Crippen LogP contribution is -3.27. The van der Waals surface area contributed by atoms with Crippen LogP contribution in [0.15, 0.2) is 53.5 Å². The average Bonchev–Trinajstić information content (AvgIpc) is 2.70.